The third-order valence-corrected chi connectivity index (χ3v) is 4.60. The molecule has 1 amide bonds. The number of ether oxygens (including phenoxy) is 2. The number of rotatable bonds is 9. The highest BCUT2D eigenvalue weighted by molar-refractivity contribution is 5.88. The third-order valence-electron chi connectivity index (χ3n) is 4.60. The van der Waals surface area contributed by atoms with E-state index in [0.29, 0.717) is 13.2 Å². The molecule has 0 heterocycles. The van der Waals surface area contributed by atoms with E-state index in [2.05, 4.69) is 10.6 Å². The summed E-state index contributed by atoms with van der Waals surface area (Å²) in [7, 11) is 3.34. The summed E-state index contributed by atoms with van der Waals surface area (Å²) in [6.45, 7) is 2.88. The molecule has 0 radical (unpaired) electrons. The van der Waals surface area contributed by atoms with Crippen LogP contribution in [0.25, 0.3) is 0 Å². The second-order valence-electron chi connectivity index (χ2n) is 6.02. The Morgan fingerprint density at radius 1 is 1.08 bits per heavy atom. The smallest absolute Gasteiger partial charge is 0.230 e. The van der Waals surface area contributed by atoms with E-state index in [1.165, 1.54) is 0 Å². The Balaban J connectivity index is 0.00000288. The summed E-state index contributed by atoms with van der Waals surface area (Å²) in [5.41, 5.74) is 0.722. The van der Waals surface area contributed by atoms with E-state index in [1.54, 1.807) is 14.2 Å². The van der Waals surface area contributed by atoms with Crippen LogP contribution in [0.1, 0.15) is 31.2 Å². The van der Waals surface area contributed by atoms with Gasteiger partial charge in [0.15, 0.2) is 0 Å². The quantitative estimate of drug-likeness (QED) is 0.666. The van der Waals surface area contributed by atoms with Gasteiger partial charge in [-0.2, -0.15) is 0 Å². The Morgan fingerprint density at radius 2 is 1.75 bits per heavy atom. The van der Waals surface area contributed by atoms with E-state index in [-0.39, 0.29) is 23.7 Å². The second-order valence-corrected chi connectivity index (χ2v) is 6.02. The first kappa shape index (κ1) is 20.7. The van der Waals surface area contributed by atoms with Gasteiger partial charge in [-0.05, 0) is 30.5 Å². The highest BCUT2D eigenvalue weighted by Gasteiger charge is 2.42. The molecule has 0 saturated heterocycles. The van der Waals surface area contributed by atoms with E-state index in [9.17, 15) is 4.79 Å². The lowest BCUT2D eigenvalue weighted by Crippen LogP contribution is -2.44. The molecule has 2 N–H and O–H groups in total. The Morgan fingerprint density at radius 3 is 2.33 bits per heavy atom. The van der Waals surface area contributed by atoms with Crippen LogP contribution in [-0.2, 0) is 14.9 Å². The molecule has 5 nitrogen and oxygen atoms in total. The molecular formula is C18H29ClN2O3. The van der Waals surface area contributed by atoms with Crippen molar-refractivity contribution in [3.63, 3.8) is 0 Å². The molecule has 1 aromatic carbocycles. The topological polar surface area (TPSA) is 59.6 Å². The van der Waals surface area contributed by atoms with Crippen LogP contribution in [-0.4, -0.2) is 46.4 Å². The standard InChI is InChI=1S/C18H28N2O3.ClH/c1-22-14-13-19-11-12-20-17(21)18(9-3-4-10-18)15-5-7-16(23-2)8-6-15;/h5-8,19H,3-4,9-14H2,1-2H3,(H,20,21);1H. The Hall–Kier alpha value is -1.30. The highest BCUT2D eigenvalue weighted by atomic mass is 35.5. The average Bonchev–Trinajstić information content (AvgIpc) is 3.09. The average molecular weight is 357 g/mol. The summed E-state index contributed by atoms with van der Waals surface area (Å²) >= 11 is 0. The number of amides is 1. The fourth-order valence-corrected chi connectivity index (χ4v) is 3.27. The molecule has 2 rings (SSSR count). The lowest BCUT2D eigenvalue weighted by atomic mass is 9.78. The zero-order chi connectivity index (χ0) is 16.5. The molecule has 0 spiro atoms. The fraction of sp³-hybridized carbons (Fsp3) is 0.611. The van der Waals surface area contributed by atoms with E-state index < -0.39 is 0 Å². The van der Waals surface area contributed by atoms with E-state index in [1.807, 2.05) is 24.3 Å². The van der Waals surface area contributed by atoms with Gasteiger partial charge < -0.3 is 20.1 Å². The number of halogens is 1. The van der Waals surface area contributed by atoms with Gasteiger partial charge in [-0.25, -0.2) is 0 Å². The van der Waals surface area contributed by atoms with Crippen molar-refractivity contribution < 1.29 is 14.3 Å². The first-order chi connectivity index (χ1) is 11.2. The molecule has 0 atom stereocenters. The van der Waals surface area contributed by atoms with Crippen molar-refractivity contribution in [3.05, 3.63) is 29.8 Å². The highest BCUT2D eigenvalue weighted by Crippen LogP contribution is 2.41. The van der Waals surface area contributed by atoms with Crippen molar-refractivity contribution in [1.29, 1.82) is 0 Å². The van der Waals surface area contributed by atoms with E-state index >= 15 is 0 Å². The molecular weight excluding hydrogens is 328 g/mol. The molecule has 0 bridgehead atoms. The van der Waals surface area contributed by atoms with Crippen LogP contribution in [0.15, 0.2) is 24.3 Å². The maximum atomic E-state index is 12.8. The van der Waals surface area contributed by atoms with Gasteiger partial charge in [-0.15, -0.1) is 12.4 Å². The van der Waals surface area contributed by atoms with Crippen LogP contribution in [0.5, 0.6) is 5.75 Å². The minimum atomic E-state index is -0.376. The Labute approximate surface area is 150 Å². The summed E-state index contributed by atoms with van der Waals surface area (Å²) in [4.78, 5) is 12.8. The number of methoxy groups -OCH3 is 2. The van der Waals surface area contributed by atoms with Gasteiger partial charge in [-0.3, -0.25) is 4.79 Å². The maximum absolute atomic E-state index is 12.8. The Kier molecular flexibility index (Phi) is 9.11. The predicted octanol–water partition coefficient (Wildman–Crippen LogP) is 2.28. The van der Waals surface area contributed by atoms with Crippen molar-refractivity contribution in [2.24, 2.45) is 0 Å². The number of hydrogen-bond acceptors (Lipinski definition) is 4. The first-order valence-corrected chi connectivity index (χ1v) is 8.35. The molecule has 24 heavy (non-hydrogen) atoms. The minimum absolute atomic E-state index is 0. The Bertz CT molecular complexity index is 488. The number of nitrogens with one attached hydrogen (secondary N) is 2. The number of carbonyl (C=O) groups is 1. The van der Waals surface area contributed by atoms with E-state index in [0.717, 1.165) is 50.1 Å². The van der Waals surface area contributed by atoms with Gasteiger partial charge in [-0.1, -0.05) is 25.0 Å². The van der Waals surface area contributed by atoms with Crippen LogP contribution in [0.3, 0.4) is 0 Å². The van der Waals surface area contributed by atoms with Crippen molar-refractivity contribution in [3.8, 4) is 5.75 Å². The number of benzene rings is 1. The summed E-state index contributed by atoms with van der Waals surface area (Å²) in [6, 6.07) is 7.94. The van der Waals surface area contributed by atoms with Gasteiger partial charge in [0.1, 0.15) is 5.75 Å². The zero-order valence-electron chi connectivity index (χ0n) is 14.6. The normalized spacial score (nSPS) is 15.6. The molecule has 136 valence electrons. The van der Waals surface area contributed by atoms with Crippen LogP contribution in [0.2, 0.25) is 0 Å². The zero-order valence-corrected chi connectivity index (χ0v) is 15.4. The molecule has 6 heteroatoms. The molecule has 1 fully saturated rings. The van der Waals surface area contributed by atoms with Gasteiger partial charge in [0.25, 0.3) is 0 Å². The molecule has 0 aliphatic heterocycles. The monoisotopic (exact) mass is 356 g/mol. The van der Waals surface area contributed by atoms with Crippen molar-refractivity contribution in [2.45, 2.75) is 31.1 Å². The lowest BCUT2D eigenvalue weighted by Gasteiger charge is -2.28. The molecule has 0 unspecified atom stereocenters. The summed E-state index contributed by atoms with van der Waals surface area (Å²) in [6.07, 6.45) is 4.04. The van der Waals surface area contributed by atoms with Crippen molar-refractivity contribution in [1.82, 2.24) is 10.6 Å². The molecule has 1 aliphatic rings. The lowest BCUT2D eigenvalue weighted by molar-refractivity contribution is -0.126. The van der Waals surface area contributed by atoms with Gasteiger partial charge in [0.2, 0.25) is 5.91 Å². The molecule has 1 saturated carbocycles. The SMILES string of the molecule is COCCNCCNC(=O)C1(c2ccc(OC)cc2)CCCC1.Cl. The van der Waals surface area contributed by atoms with E-state index in [4.69, 9.17) is 9.47 Å². The van der Waals surface area contributed by atoms with Gasteiger partial charge >= 0.3 is 0 Å². The predicted molar refractivity (Wildman–Crippen MR) is 98.1 cm³/mol. The van der Waals surface area contributed by atoms with Crippen LogP contribution in [0.4, 0.5) is 0 Å². The van der Waals surface area contributed by atoms with Crippen LogP contribution < -0.4 is 15.4 Å². The van der Waals surface area contributed by atoms with Gasteiger partial charge in [0, 0.05) is 26.7 Å². The van der Waals surface area contributed by atoms with Crippen molar-refractivity contribution >= 4 is 18.3 Å². The number of hydrogen-bond donors (Lipinski definition) is 2. The summed E-state index contributed by atoms with van der Waals surface area (Å²) < 4.78 is 10.2. The fourth-order valence-electron chi connectivity index (χ4n) is 3.27. The molecule has 1 aromatic rings. The maximum Gasteiger partial charge on any atom is 0.230 e. The van der Waals surface area contributed by atoms with Crippen LogP contribution >= 0.6 is 12.4 Å². The summed E-state index contributed by atoms with van der Waals surface area (Å²) in [5.74, 6) is 0.971. The van der Waals surface area contributed by atoms with Crippen molar-refractivity contribution in [2.75, 3.05) is 40.5 Å². The third kappa shape index (κ3) is 5.10. The van der Waals surface area contributed by atoms with Crippen LogP contribution in [0, 0.1) is 0 Å². The number of carbonyl (C=O) groups excluding carboxylic acids is 1. The second kappa shape index (κ2) is 10.5. The minimum Gasteiger partial charge on any atom is -0.497 e. The molecule has 0 aromatic heterocycles. The first-order valence-electron chi connectivity index (χ1n) is 8.35. The largest absolute Gasteiger partial charge is 0.497 e. The van der Waals surface area contributed by atoms with Gasteiger partial charge in [0.05, 0.1) is 19.1 Å². The molecule has 1 aliphatic carbocycles. The summed E-state index contributed by atoms with van der Waals surface area (Å²) in [5, 5.41) is 6.34.